The minimum Gasteiger partial charge on any atom is -0.385 e. The van der Waals surface area contributed by atoms with E-state index in [0.29, 0.717) is 30.9 Å². The number of aromatic nitrogens is 5. The Hall–Kier alpha value is -3.73. The van der Waals surface area contributed by atoms with Crippen LogP contribution in [0.1, 0.15) is 66.5 Å². The minimum atomic E-state index is -0.922. The maximum Gasteiger partial charge on any atom is 0.272 e. The molecule has 0 bridgehead atoms. The summed E-state index contributed by atoms with van der Waals surface area (Å²) < 4.78 is 29.5. The Balaban J connectivity index is 1.33. The molecule has 1 unspecified atom stereocenters. The summed E-state index contributed by atoms with van der Waals surface area (Å²) in [7, 11) is 0. The number of likely N-dealkylation sites (tertiary alicyclic amines) is 1. The number of benzene rings is 1. The van der Waals surface area contributed by atoms with Gasteiger partial charge in [0.1, 0.15) is 17.0 Å². The van der Waals surface area contributed by atoms with E-state index in [1.807, 2.05) is 6.92 Å². The predicted molar refractivity (Wildman–Crippen MR) is 127 cm³/mol. The van der Waals surface area contributed by atoms with Crippen molar-refractivity contribution in [3.8, 4) is 0 Å². The first-order valence-corrected chi connectivity index (χ1v) is 12.0. The zero-order chi connectivity index (χ0) is 25.4. The number of hydrogen-bond acceptors (Lipinski definition) is 7. The highest BCUT2D eigenvalue weighted by Crippen LogP contribution is 2.37. The lowest BCUT2D eigenvalue weighted by Crippen LogP contribution is -2.45. The number of aryl methyl sites for hydroxylation is 1. The molecule has 1 aliphatic carbocycles. The van der Waals surface area contributed by atoms with Crippen LogP contribution in [0.15, 0.2) is 24.4 Å². The average Bonchev–Trinajstić information content (AvgIpc) is 3.42. The molecule has 11 heteroatoms. The summed E-state index contributed by atoms with van der Waals surface area (Å²) in [6, 6.07) is 3.68. The fourth-order valence-electron chi connectivity index (χ4n) is 5.41. The molecule has 0 saturated carbocycles. The van der Waals surface area contributed by atoms with Gasteiger partial charge < -0.3 is 15.7 Å². The van der Waals surface area contributed by atoms with Crippen LogP contribution in [0.2, 0.25) is 0 Å². The second-order valence-electron chi connectivity index (χ2n) is 10.0. The molecule has 2 aliphatic rings. The van der Waals surface area contributed by atoms with Crippen molar-refractivity contribution in [3.05, 3.63) is 58.7 Å². The smallest absolute Gasteiger partial charge is 0.272 e. The summed E-state index contributed by atoms with van der Waals surface area (Å²) in [5.41, 5.74) is 7.28. The monoisotopic (exact) mass is 493 g/mol. The number of carbonyl (C=O) groups is 1. The maximum absolute atomic E-state index is 14.3. The number of rotatable bonds is 2. The summed E-state index contributed by atoms with van der Waals surface area (Å²) in [4.78, 5) is 28.2. The van der Waals surface area contributed by atoms with Crippen LogP contribution in [-0.4, -0.2) is 53.1 Å². The normalized spacial score (nSPS) is 24.0. The van der Waals surface area contributed by atoms with Gasteiger partial charge in [-0.1, -0.05) is 0 Å². The Labute approximate surface area is 205 Å². The van der Waals surface area contributed by atoms with Crippen LogP contribution in [-0.2, 0) is 12.0 Å². The van der Waals surface area contributed by atoms with Crippen LogP contribution in [0.4, 0.5) is 14.7 Å². The number of nitrogen functional groups attached to an aromatic ring is 1. The Morgan fingerprint density at radius 3 is 2.83 bits per heavy atom. The van der Waals surface area contributed by atoms with Gasteiger partial charge in [0.05, 0.1) is 11.0 Å². The molecule has 1 aromatic carbocycles. The Kier molecular flexibility index (Phi) is 4.98. The average molecular weight is 494 g/mol. The van der Waals surface area contributed by atoms with Crippen LogP contribution in [0.5, 0.6) is 0 Å². The number of pyridine rings is 1. The highest BCUT2D eigenvalue weighted by Gasteiger charge is 2.36. The van der Waals surface area contributed by atoms with Gasteiger partial charge in [-0.15, -0.1) is 5.10 Å². The van der Waals surface area contributed by atoms with E-state index in [4.69, 9.17) is 5.73 Å². The molecule has 36 heavy (non-hydrogen) atoms. The van der Waals surface area contributed by atoms with Gasteiger partial charge in [0.25, 0.3) is 5.91 Å². The summed E-state index contributed by atoms with van der Waals surface area (Å²) in [6.07, 6.45) is 4.35. The Bertz CT molecular complexity index is 1550. The molecule has 186 valence electrons. The fourth-order valence-corrected chi connectivity index (χ4v) is 5.41. The van der Waals surface area contributed by atoms with Crippen molar-refractivity contribution in [1.82, 2.24) is 29.5 Å². The van der Waals surface area contributed by atoms with Gasteiger partial charge in [0.2, 0.25) is 5.95 Å². The van der Waals surface area contributed by atoms with Crippen LogP contribution in [0, 0.1) is 11.6 Å². The molecule has 6 rings (SSSR count). The lowest BCUT2D eigenvalue weighted by Gasteiger charge is -2.37. The second kappa shape index (κ2) is 7.89. The van der Waals surface area contributed by atoms with E-state index in [9.17, 15) is 18.7 Å². The third kappa shape index (κ3) is 3.48. The molecule has 9 nitrogen and oxygen atoms in total. The number of aliphatic hydroxyl groups is 1. The van der Waals surface area contributed by atoms with Crippen LogP contribution in [0.3, 0.4) is 0 Å². The van der Waals surface area contributed by atoms with Crippen molar-refractivity contribution in [2.45, 2.75) is 57.1 Å². The maximum atomic E-state index is 14.3. The fraction of sp³-hybridized carbons (Fsp3) is 0.400. The van der Waals surface area contributed by atoms with E-state index in [2.05, 4.69) is 20.1 Å². The van der Waals surface area contributed by atoms with Crippen LogP contribution < -0.4 is 5.73 Å². The number of fused-ring (bicyclic) bond motifs is 4. The van der Waals surface area contributed by atoms with Gasteiger partial charge in [-0.3, -0.25) is 9.78 Å². The molecule has 3 N–H and O–H groups in total. The van der Waals surface area contributed by atoms with E-state index in [0.717, 1.165) is 36.1 Å². The third-order valence-electron chi connectivity index (χ3n) is 7.51. The molecular formula is C25H25F2N7O2. The number of amides is 1. The number of anilines is 1. The van der Waals surface area contributed by atoms with Gasteiger partial charge in [-0.2, -0.15) is 4.52 Å². The Morgan fingerprint density at radius 2 is 2.03 bits per heavy atom. The van der Waals surface area contributed by atoms with E-state index < -0.39 is 17.2 Å². The van der Waals surface area contributed by atoms with Crippen molar-refractivity contribution in [1.29, 1.82) is 0 Å². The van der Waals surface area contributed by atoms with E-state index in [1.54, 1.807) is 24.1 Å². The van der Waals surface area contributed by atoms with Crippen molar-refractivity contribution < 1.29 is 18.7 Å². The summed E-state index contributed by atoms with van der Waals surface area (Å²) in [6.45, 7) is 4.11. The molecular weight excluding hydrogens is 468 g/mol. The van der Waals surface area contributed by atoms with E-state index in [-0.39, 0.29) is 40.4 Å². The van der Waals surface area contributed by atoms with Gasteiger partial charge in [-0.05, 0) is 57.2 Å². The quantitative estimate of drug-likeness (QED) is 0.440. The van der Waals surface area contributed by atoms with E-state index in [1.165, 1.54) is 4.52 Å². The molecule has 0 spiro atoms. The Morgan fingerprint density at radius 1 is 1.22 bits per heavy atom. The number of nitrogens with two attached hydrogens (primary N) is 1. The first-order chi connectivity index (χ1) is 17.1. The van der Waals surface area contributed by atoms with Crippen molar-refractivity contribution in [3.63, 3.8) is 0 Å². The van der Waals surface area contributed by atoms with Crippen molar-refractivity contribution >= 4 is 28.4 Å². The van der Waals surface area contributed by atoms with Gasteiger partial charge >= 0.3 is 0 Å². The van der Waals surface area contributed by atoms with E-state index >= 15 is 0 Å². The van der Waals surface area contributed by atoms with Gasteiger partial charge in [0, 0.05) is 36.3 Å². The standard InChI is InChI=1S/C25H25F2N7O2/c1-12-3-4-14(11-33(12)23(35)19-7-13-5-6-25(2,36)17(13)10-29-19)21-31-22-16-8-15(26)9-18(27)20(16)30-24(28)34(22)32-21/h7-10,12,14,36H,3-6,11H2,1-2H3,(H2,28,30)/t12-,14+,25?/m0/s1. The van der Waals surface area contributed by atoms with Gasteiger partial charge in [-0.25, -0.2) is 18.7 Å². The largest absolute Gasteiger partial charge is 0.385 e. The molecule has 4 aromatic rings. The molecule has 0 radical (unpaired) electrons. The molecule has 1 amide bonds. The molecule has 1 saturated heterocycles. The molecule has 3 aromatic heterocycles. The van der Waals surface area contributed by atoms with Crippen LogP contribution in [0.25, 0.3) is 16.6 Å². The van der Waals surface area contributed by atoms with Crippen LogP contribution >= 0.6 is 0 Å². The number of halogens is 2. The zero-order valence-corrected chi connectivity index (χ0v) is 19.9. The lowest BCUT2D eigenvalue weighted by atomic mass is 9.92. The minimum absolute atomic E-state index is 0.0142. The lowest BCUT2D eigenvalue weighted by molar-refractivity contribution is 0.0578. The molecule has 4 heterocycles. The molecule has 1 fully saturated rings. The topological polar surface area (TPSA) is 123 Å². The molecule has 3 atom stereocenters. The first kappa shape index (κ1) is 22.7. The highest BCUT2D eigenvalue weighted by atomic mass is 19.1. The number of nitrogens with zero attached hydrogens (tertiary/aromatic N) is 6. The predicted octanol–water partition coefficient (Wildman–Crippen LogP) is 3.09. The SMILES string of the molecule is C[C@H]1CC[C@@H](c2nc3c4cc(F)cc(F)c4nc(N)n3n2)CN1C(=O)c1cc2c(cn1)C(C)(O)CC2. The number of piperidine rings is 1. The highest BCUT2D eigenvalue weighted by molar-refractivity contribution is 5.93. The van der Waals surface area contributed by atoms with Crippen molar-refractivity contribution in [2.75, 3.05) is 12.3 Å². The summed E-state index contributed by atoms with van der Waals surface area (Å²) in [5.74, 6) is -1.59. The number of hydrogen-bond donors (Lipinski definition) is 2. The third-order valence-corrected chi connectivity index (χ3v) is 7.51. The first-order valence-electron chi connectivity index (χ1n) is 12.0. The van der Waals surface area contributed by atoms with Gasteiger partial charge in [0.15, 0.2) is 17.3 Å². The summed E-state index contributed by atoms with van der Waals surface area (Å²) in [5, 5.41) is 15.2. The molecule has 1 aliphatic heterocycles. The van der Waals surface area contributed by atoms with Crippen molar-refractivity contribution in [2.24, 2.45) is 0 Å². The zero-order valence-electron chi connectivity index (χ0n) is 19.9. The second-order valence-corrected chi connectivity index (χ2v) is 10.0. The summed E-state index contributed by atoms with van der Waals surface area (Å²) >= 11 is 0. The number of carbonyl (C=O) groups excluding carboxylic acids is 1.